The van der Waals surface area contributed by atoms with Crippen LogP contribution in [0.2, 0.25) is 5.02 Å². The van der Waals surface area contributed by atoms with Crippen LogP contribution < -0.4 is 5.32 Å². The van der Waals surface area contributed by atoms with Crippen LogP contribution in [0.15, 0.2) is 18.2 Å². The van der Waals surface area contributed by atoms with Gasteiger partial charge in [-0.05, 0) is 37.5 Å². The van der Waals surface area contributed by atoms with Crippen LogP contribution in [0.4, 0.5) is 18.9 Å². The Balaban J connectivity index is 2.57. The molecule has 0 atom stereocenters. The summed E-state index contributed by atoms with van der Waals surface area (Å²) in [5.74, 6) is 0. The van der Waals surface area contributed by atoms with Crippen LogP contribution in [-0.2, 0) is 6.18 Å². The third kappa shape index (κ3) is 4.74. The van der Waals surface area contributed by atoms with Gasteiger partial charge in [0.15, 0.2) is 0 Å². The maximum atomic E-state index is 12.6. The second kappa shape index (κ2) is 6.85. The number of anilines is 1. The Morgan fingerprint density at radius 2 is 1.89 bits per heavy atom. The number of nitrogens with one attached hydrogen (secondary N) is 1. The van der Waals surface area contributed by atoms with Crippen molar-refractivity contribution in [3.63, 3.8) is 0 Å². The number of halogens is 4. The summed E-state index contributed by atoms with van der Waals surface area (Å²) in [6.45, 7) is 0.706. The Bertz CT molecular complexity index is 382. The molecule has 0 saturated heterocycles. The average molecular weight is 282 g/mol. The van der Waals surface area contributed by atoms with Crippen molar-refractivity contribution >= 4 is 17.3 Å². The molecular weight excluding hydrogens is 267 g/mol. The fourth-order valence-corrected chi connectivity index (χ4v) is 1.72. The van der Waals surface area contributed by atoms with E-state index in [9.17, 15) is 13.2 Å². The number of aliphatic hydroxyl groups is 1. The van der Waals surface area contributed by atoms with E-state index in [1.165, 1.54) is 12.1 Å². The van der Waals surface area contributed by atoms with Crippen LogP contribution in [-0.4, -0.2) is 18.3 Å². The molecule has 1 rings (SSSR count). The molecule has 0 spiro atoms. The van der Waals surface area contributed by atoms with E-state index in [0.29, 0.717) is 18.7 Å². The summed E-state index contributed by atoms with van der Waals surface area (Å²) in [4.78, 5) is 0. The van der Waals surface area contributed by atoms with Crippen LogP contribution in [0.5, 0.6) is 0 Å². The van der Waals surface area contributed by atoms with Crippen molar-refractivity contribution < 1.29 is 18.3 Å². The van der Waals surface area contributed by atoms with E-state index in [1.54, 1.807) is 0 Å². The molecule has 102 valence electrons. The molecule has 2 N–H and O–H groups in total. The maximum Gasteiger partial charge on any atom is 0.417 e. The summed E-state index contributed by atoms with van der Waals surface area (Å²) in [5.41, 5.74) is -0.430. The van der Waals surface area contributed by atoms with E-state index in [1.807, 2.05) is 0 Å². The summed E-state index contributed by atoms with van der Waals surface area (Å²) in [6.07, 6.45) is -2.10. The summed E-state index contributed by atoms with van der Waals surface area (Å²) >= 11 is 5.51. The largest absolute Gasteiger partial charge is 0.417 e. The maximum absolute atomic E-state index is 12.6. The summed E-state index contributed by atoms with van der Waals surface area (Å²) in [7, 11) is 0. The van der Waals surface area contributed by atoms with Gasteiger partial charge in [0.25, 0.3) is 0 Å². The quantitative estimate of drug-likeness (QED) is 0.774. The van der Waals surface area contributed by atoms with E-state index in [-0.39, 0.29) is 11.6 Å². The van der Waals surface area contributed by atoms with Crippen molar-refractivity contribution in [3.05, 3.63) is 28.8 Å². The molecule has 0 aliphatic rings. The SMILES string of the molecule is OCCCCCNc1ccc(Cl)c(C(F)(F)F)c1. The first-order chi connectivity index (χ1) is 8.45. The minimum Gasteiger partial charge on any atom is -0.396 e. The first-order valence-electron chi connectivity index (χ1n) is 5.66. The Morgan fingerprint density at radius 3 is 2.50 bits per heavy atom. The summed E-state index contributed by atoms with van der Waals surface area (Å²) < 4.78 is 37.7. The zero-order chi connectivity index (χ0) is 13.6. The van der Waals surface area contributed by atoms with Crippen molar-refractivity contribution in [3.8, 4) is 0 Å². The molecule has 0 aromatic heterocycles. The van der Waals surface area contributed by atoms with E-state index < -0.39 is 11.7 Å². The van der Waals surface area contributed by atoms with Gasteiger partial charge in [-0.25, -0.2) is 0 Å². The number of hydrogen-bond acceptors (Lipinski definition) is 2. The van der Waals surface area contributed by atoms with Gasteiger partial charge in [-0.15, -0.1) is 0 Å². The first-order valence-corrected chi connectivity index (χ1v) is 6.04. The average Bonchev–Trinajstić information content (AvgIpc) is 2.29. The fourth-order valence-electron chi connectivity index (χ4n) is 1.50. The Labute approximate surface area is 109 Å². The topological polar surface area (TPSA) is 32.3 Å². The molecule has 1 aromatic carbocycles. The molecule has 2 nitrogen and oxygen atoms in total. The van der Waals surface area contributed by atoms with Gasteiger partial charge in [-0.1, -0.05) is 11.6 Å². The summed E-state index contributed by atoms with van der Waals surface area (Å²) in [6, 6.07) is 3.76. The van der Waals surface area contributed by atoms with Crippen molar-refractivity contribution in [1.82, 2.24) is 0 Å². The molecule has 0 unspecified atom stereocenters. The molecule has 0 aliphatic heterocycles. The highest BCUT2D eigenvalue weighted by atomic mass is 35.5. The van der Waals surface area contributed by atoms with Crippen LogP contribution in [0.25, 0.3) is 0 Å². The molecule has 0 saturated carbocycles. The third-order valence-electron chi connectivity index (χ3n) is 2.44. The lowest BCUT2D eigenvalue weighted by atomic mass is 10.2. The fraction of sp³-hybridized carbons (Fsp3) is 0.500. The molecule has 0 aliphatic carbocycles. The van der Waals surface area contributed by atoms with Gasteiger partial charge in [0.1, 0.15) is 0 Å². The minimum absolute atomic E-state index is 0.138. The van der Waals surface area contributed by atoms with Crippen molar-refractivity contribution in [2.45, 2.75) is 25.4 Å². The lowest BCUT2D eigenvalue weighted by molar-refractivity contribution is -0.137. The van der Waals surface area contributed by atoms with E-state index >= 15 is 0 Å². The van der Waals surface area contributed by atoms with Gasteiger partial charge in [0.05, 0.1) is 10.6 Å². The van der Waals surface area contributed by atoms with Crippen LogP contribution in [0.3, 0.4) is 0 Å². The highest BCUT2D eigenvalue weighted by Gasteiger charge is 2.33. The zero-order valence-corrected chi connectivity index (χ0v) is 10.5. The van der Waals surface area contributed by atoms with Crippen LogP contribution >= 0.6 is 11.6 Å². The smallest absolute Gasteiger partial charge is 0.396 e. The number of unbranched alkanes of at least 4 members (excludes halogenated alkanes) is 2. The van der Waals surface area contributed by atoms with E-state index in [2.05, 4.69) is 5.32 Å². The molecule has 1 aromatic rings. The zero-order valence-electron chi connectivity index (χ0n) is 9.73. The highest BCUT2D eigenvalue weighted by Crippen LogP contribution is 2.36. The van der Waals surface area contributed by atoms with Gasteiger partial charge in [-0.3, -0.25) is 0 Å². The predicted molar refractivity (Wildman–Crippen MR) is 65.9 cm³/mol. The minimum atomic E-state index is -4.44. The summed E-state index contributed by atoms with van der Waals surface area (Å²) in [5, 5.41) is 11.2. The van der Waals surface area contributed by atoms with Gasteiger partial charge in [-0.2, -0.15) is 13.2 Å². The second-order valence-electron chi connectivity index (χ2n) is 3.90. The second-order valence-corrected chi connectivity index (χ2v) is 4.31. The van der Waals surface area contributed by atoms with E-state index in [4.69, 9.17) is 16.7 Å². The molecule has 0 bridgehead atoms. The number of alkyl halides is 3. The molecule has 6 heteroatoms. The lowest BCUT2D eigenvalue weighted by Crippen LogP contribution is -2.08. The molecule has 0 radical (unpaired) electrons. The third-order valence-corrected chi connectivity index (χ3v) is 2.77. The van der Waals surface area contributed by atoms with Crippen molar-refractivity contribution in [2.75, 3.05) is 18.5 Å². The van der Waals surface area contributed by atoms with Crippen LogP contribution in [0.1, 0.15) is 24.8 Å². The van der Waals surface area contributed by atoms with E-state index in [0.717, 1.165) is 18.9 Å². The first kappa shape index (κ1) is 15.1. The van der Waals surface area contributed by atoms with Crippen LogP contribution in [0, 0.1) is 0 Å². The molecule has 0 fully saturated rings. The molecular formula is C12H15ClF3NO. The molecule has 18 heavy (non-hydrogen) atoms. The van der Waals surface area contributed by atoms with Gasteiger partial charge < -0.3 is 10.4 Å². The highest BCUT2D eigenvalue weighted by molar-refractivity contribution is 6.31. The lowest BCUT2D eigenvalue weighted by Gasteiger charge is -2.12. The standard InChI is InChI=1S/C12H15ClF3NO/c13-11-5-4-9(8-10(11)12(14,15)16)17-6-2-1-3-7-18/h4-5,8,17-18H,1-3,6-7H2. The monoisotopic (exact) mass is 281 g/mol. The number of aliphatic hydroxyl groups excluding tert-OH is 1. The van der Waals surface area contributed by atoms with Crippen molar-refractivity contribution in [2.24, 2.45) is 0 Å². The van der Waals surface area contributed by atoms with Gasteiger partial charge in [0.2, 0.25) is 0 Å². The number of rotatable bonds is 6. The molecule has 0 amide bonds. The van der Waals surface area contributed by atoms with Crippen molar-refractivity contribution in [1.29, 1.82) is 0 Å². The Hall–Kier alpha value is -0.940. The van der Waals surface area contributed by atoms with Gasteiger partial charge >= 0.3 is 6.18 Å². The Kier molecular flexibility index (Phi) is 5.75. The molecule has 0 heterocycles. The number of benzene rings is 1. The number of hydrogen-bond donors (Lipinski definition) is 2. The predicted octanol–water partition coefficient (Wildman–Crippen LogP) is 3.93. The van der Waals surface area contributed by atoms with Gasteiger partial charge in [0, 0.05) is 18.8 Å². The Morgan fingerprint density at radius 1 is 1.17 bits per heavy atom. The normalized spacial score (nSPS) is 11.6.